The molecular formula is C26H28N4O3S. The molecule has 4 fully saturated rings. The highest BCUT2D eigenvalue weighted by molar-refractivity contribution is 7.80. The fourth-order valence-electron chi connectivity index (χ4n) is 5.99. The number of aliphatic hydroxyl groups excluding tert-OH is 1. The van der Waals surface area contributed by atoms with Gasteiger partial charge >= 0.3 is 5.97 Å². The summed E-state index contributed by atoms with van der Waals surface area (Å²) in [5, 5.41) is 12.6. The highest BCUT2D eigenvalue weighted by atomic mass is 32.1. The number of rotatable bonds is 4. The zero-order valence-corrected chi connectivity index (χ0v) is 20.3. The van der Waals surface area contributed by atoms with Gasteiger partial charge in [-0.25, -0.2) is 0 Å². The number of thiocarbonyl (C=S) groups is 1. The van der Waals surface area contributed by atoms with Crippen LogP contribution in [0.15, 0.2) is 54.7 Å². The third-order valence-electron chi connectivity index (χ3n) is 7.60. The Morgan fingerprint density at radius 2 is 1.85 bits per heavy atom. The van der Waals surface area contributed by atoms with Crippen molar-refractivity contribution in [1.82, 2.24) is 9.47 Å². The van der Waals surface area contributed by atoms with Crippen molar-refractivity contribution in [3.63, 3.8) is 0 Å². The van der Waals surface area contributed by atoms with Gasteiger partial charge in [-0.05, 0) is 54.5 Å². The first-order valence-corrected chi connectivity index (χ1v) is 12.0. The number of nitrogens with zero attached hydrogens (tertiary/aromatic N) is 4. The second-order valence-corrected chi connectivity index (χ2v) is 10.1. The third kappa shape index (κ3) is 3.05. The number of carbonyl (C=O) groups excluding carboxylic acids is 1. The van der Waals surface area contributed by atoms with Crippen LogP contribution in [-0.2, 0) is 23.1 Å². The number of fused-ring (bicyclic) bond motifs is 3. The molecule has 7 nitrogen and oxygen atoms in total. The van der Waals surface area contributed by atoms with Gasteiger partial charge in [-0.2, -0.15) is 0 Å². The maximum atomic E-state index is 12.8. The standard InChI is InChI=1S/C26H28N4O3S/c1-27(2)16-8-10-17(11-9-16)30-22-19-12-21(31)24(33-25(19)32)23(22)29(26(30)34)14-15-13-28(3)20-7-5-4-6-18(15)20/h4-11,13,19,21-24,31H,12,14H2,1-3H3/t19-,21+,22+,23-,24-/m0/s1. The third-order valence-corrected chi connectivity index (χ3v) is 8.03. The molecule has 2 bridgehead atoms. The lowest BCUT2D eigenvalue weighted by molar-refractivity contribution is -0.194. The van der Waals surface area contributed by atoms with Gasteiger partial charge in [0, 0.05) is 56.2 Å². The van der Waals surface area contributed by atoms with Crippen molar-refractivity contribution in [2.24, 2.45) is 13.0 Å². The van der Waals surface area contributed by atoms with Crippen LogP contribution < -0.4 is 9.80 Å². The molecule has 0 radical (unpaired) electrons. The lowest BCUT2D eigenvalue weighted by atomic mass is 9.74. The zero-order valence-electron chi connectivity index (χ0n) is 19.5. The predicted molar refractivity (Wildman–Crippen MR) is 136 cm³/mol. The highest BCUT2D eigenvalue weighted by Gasteiger charge is 2.63. The van der Waals surface area contributed by atoms with Crippen LogP contribution in [0.5, 0.6) is 0 Å². The molecule has 176 valence electrons. The molecule has 3 aliphatic heterocycles. The monoisotopic (exact) mass is 476 g/mol. The molecule has 0 spiro atoms. The molecule has 4 heterocycles. The van der Waals surface area contributed by atoms with E-state index >= 15 is 0 Å². The molecule has 34 heavy (non-hydrogen) atoms. The summed E-state index contributed by atoms with van der Waals surface area (Å²) in [6.07, 6.45) is 1.27. The number of carbonyl (C=O) groups is 1. The number of para-hydroxylation sites is 1. The summed E-state index contributed by atoms with van der Waals surface area (Å²) in [6.45, 7) is 0.584. The number of hydrogen-bond acceptors (Lipinski definition) is 5. The summed E-state index contributed by atoms with van der Waals surface area (Å²) in [6, 6.07) is 16.2. The Labute approximate surface area is 204 Å². The van der Waals surface area contributed by atoms with Crippen LogP contribution >= 0.6 is 12.2 Å². The number of anilines is 2. The number of aryl methyl sites for hydroxylation is 1. The first-order chi connectivity index (χ1) is 16.3. The summed E-state index contributed by atoms with van der Waals surface area (Å²) < 4.78 is 7.85. The molecule has 7 rings (SSSR count). The van der Waals surface area contributed by atoms with Crippen molar-refractivity contribution in [2.75, 3.05) is 23.9 Å². The van der Waals surface area contributed by atoms with E-state index in [4.69, 9.17) is 17.0 Å². The molecule has 1 aliphatic carbocycles. The van der Waals surface area contributed by atoms with Crippen LogP contribution in [-0.4, -0.2) is 64.0 Å². The Morgan fingerprint density at radius 1 is 1.12 bits per heavy atom. The predicted octanol–water partition coefficient (Wildman–Crippen LogP) is 2.89. The van der Waals surface area contributed by atoms with E-state index in [2.05, 4.69) is 61.9 Å². The van der Waals surface area contributed by atoms with Crippen molar-refractivity contribution in [1.29, 1.82) is 0 Å². The fraction of sp³-hybridized carbons (Fsp3) is 0.385. The maximum absolute atomic E-state index is 12.8. The topological polar surface area (TPSA) is 61.2 Å². The number of ether oxygens (including phenoxy) is 1. The first kappa shape index (κ1) is 21.4. The Hall–Kier alpha value is -3.10. The van der Waals surface area contributed by atoms with Crippen molar-refractivity contribution in [3.8, 4) is 0 Å². The van der Waals surface area contributed by atoms with Gasteiger partial charge in [-0.1, -0.05) is 18.2 Å². The van der Waals surface area contributed by atoms with E-state index in [1.165, 1.54) is 5.39 Å². The van der Waals surface area contributed by atoms with Gasteiger partial charge in [0.25, 0.3) is 0 Å². The van der Waals surface area contributed by atoms with E-state index in [1.54, 1.807) is 0 Å². The van der Waals surface area contributed by atoms with Crippen LogP contribution in [0.4, 0.5) is 11.4 Å². The largest absolute Gasteiger partial charge is 0.457 e. The SMILES string of the molecule is CN(C)c1ccc(N2C(=S)N(Cc3cn(C)c4ccccc34)[C@@H]3[C@H]4OC(=O)[C@@H](C[C@H]4O)[C@H]32)cc1. The molecule has 3 saturated heterocycles. The average molecular weight is 477 g/mol. The summed E-state index contributed by atoms with van der Waals surface area (Å²) >= 11 is 6.07. The van der Waals surface area contributed by atoms with Crippen molar-refractivity contribution in [3.05, 3.63) is 60.3 Å². The minimum Gasteiger partial charge on any atom is -0.457 e. The zero-order chi connectivity index (χ0) is 23.7. The lowest BCUT2D eigenvalue weighted by Gasteiger charge is -2.49. The van der Waals surface area contributed by atoms with E-state index < -0.39 is 18.1 Å². The molecule has 1 N–H and O–H groups in total. The van der Waals surface area contributed by atoms with Crippen molar-refractivity contribution >= 4 is 45.6 Å². The molecule has 1 aromatic heterocycles. The Morgan fingerprint density at radius 3 is 2.59 bits per heavy atom. The van der Waals surface area contributed by atoms with Gasteiger partial charge in [0.15, 0.2) is 5.11 Å². The molecule has 2 aromatic carbocycles. The minimum absolute atomic E-state index is 0.165. The average Bonchev–Trinajstić information content (AvgIpc) is 3.30. The van der Waals surface area contributed by atoms with Crippen LogP contribution in [0.1, 0.15) is 12.0 Å². The van der Waals surface area contributed by atoms with Crippen LogP contribution in [0.25, 0.3) is 10.9 Å². The van der Waals surface area contributed by atoms with E-state index in [0.717, 1.165) is 22.5 Å². The number of benzene rings is 2. The molecule has 3 aromatic rings. The molecule has 8 heteroatoms. The molecular weight excluding hydrogens is 448 g/mol. The van der Waals surface area contributed by atoms with Gasteiger partial charge in [-0.15, -0.1) is 0 Å². The number of esters is 1. The number of aliphatic hydroxyl groups is 1. The summed E-state index contributed by atoms with van der Waals surface area (Å²) in [5.41, 5.74) is 4.37. The van der Waals surface area contributed by atoms with Gasteiger partial charge < -0.3 is 29.1 Å². The van der Waals surface area contributed by atoms with Crippen molar-refractivity contribution in [2.45, 2.75) is 37.3 Å². The highest BCUT2D eigenvalue weighted by Crippen LogP contribution is 2.46. The number of aromatic nitrogens is 1. The molecule has 0 unspecified atom stereocenters. The van der Waals surface area contributed by atoms with E-state index in [0.29, 0.717) is 18.1 Å². The van der Waals surface area contributed by atoms with Crippen molar-refractivity contribution < 1.29 is 14.6 Å². The maximum Gasteiger partial charge on any atom is 0.311 e. The summed E-state index contributed by atoms with van der Waals surface area (Å²) in [5.74, 6) is -0.657. The smallest absolute Gasteiger partial charge is 0.311 e. The Kier molecular flexibility index (Phi) is 4.86. The van der Waals surface area contributed by atoms with Gasteiger partial charge in [0.2, 0.25) is 0 Å². The second kappa shape index (κ2) is 7.71. The summed E-state index contributed by atoms with van der Waals surface area (Å²) in [4.78, 5) is 19.1. The van der Waals surface area contributed by atoms with Gasteiger partial charge in [0.1, 0.15) is 6.10 Å². The van der Waals surface area contributed by atoms with Crippen LogP contribution in [0, 0.1) is 5.92 Å². The molecule has 5 atom stereocenters. The molecule has 0 amide bonds. The van der Waals surface area contributed by atoms with E-state index in [1.807, 2.05) is 33.3 Å². The fourth-order valence-corrected chi connectivity index (χ4v) is 6.40. The Balaban J connectivity index is 1.43. The minimum atomic E-state index is -0.683. The second-order valence-electron chi connectivity index (χ2n) is 9.77. The van der Waals surface area contributed by atoms with Crippen LogP contribution in [0.3, 0.4) is 0 Å². The molecule has 4 aliphatic rings. The normalized spacial score (nSPS) is 27.9. The quantitative estimate of drug-likeness (QED) is 0.459. The Bertz CT molecular complexity index is 1290. The van der Waals surface area contributed by atoms with E-state index in [-0.39, 0.29) is 18.1 Å². The van der Waals surface area contributed by atoms with Gasteiger partial charge in [-0.3, -0.25) is 4.79 Å². The molecule has 1 saturated carbocycles. The van der Waals surface area contributed by atoms with Gasteiger partial charge in [0.05, 0.1) is 24.1 Å². The summed E-state index contributed by atoms with van der Waals surface area (Å²) in [7, 11) is 6.06. The van der Waals surface area contributed by atoms with E-state index in [9.17, 15) is 9.90 Å². The van der Waals surface area contributed by atoms with Crippen LogP contribution in [0.2, 0.25) is 0 Å². The lowest BCUT2D eigenvalue weighted by Crippen LogP contribution is -2.66. The number of hydrogen-bond donors (Lipinski definition) is 1. The first-order valence-electron chi connectivity index (χ1n) is 11.6.